The van der Waals surface area contributed by atoms with E-state index in [0.29, 0.717) is 5.56 Å². The highest BCUT2D eigenvalue weighted by Gasteiger charge is 2.26. The van der Waals surface area contributed by atoms with Gasteiger partial charge in [-0.3, -0.25) is 0 Å². The Bertz CT molecular complexity index is 1230. The number of benzene rings is 4. The van der Waals surface area contributed by atoms with Crippen LogP contribution in [0.1, 0.15) is 32.6 Å². The van der Waals surface area contributed by atoms with Gasteiger partial charge in [-0.05, 0) is 56.3 Å². The molecule has 4 aromatic rings. The molecule has 0 aliphatic heterocycles. The van der Waals surface area contributed by atoms with Crippen LogP contribution < -0.4 is 0 Å². The van der Waals surface area contributed by atoms with Crippen molar-refractivity contribution in [1.29, 1.82) is 0 Å². The lowest BCUT2D eigenvalue weighted by molar-refractivity contribution is 0.0600. The zero-order chi connectivity index (χ0) is 19.1. The third kappa shape index (κ3) is 2.46. The fourth-order valence-corrected chi connectivity index (χ4v) is 4.12. The van der Waals surface area contributed by atoms with E-state index in [2.05, 4.69) is 60.7 Å². The molecule has 0 atom stereocenters. The number of hydrogen-bond donors (Lipinski definition) is 0. The molecule has 0 unspecified atom stereocenters. The molecule has 0 N–H and O–H groups in total. The van der Waals surface area contributed by atoms with Gasteiger partial charge in [-0.2, -0.15) is 0 Å². The smallest absolute Gasteiger partial charge is 0.337 e. The van der Waals surface area contributed by atoms with E-state index in [1.807, 2.05) is 30.3 Å². The predicted molar refractivity (Wildman–Crippen MR) is 113 cm³/mol. The van der Waals surface area contributed by atoms with E-state index < -0.39 is 0 Å². The summed E-state index contributed by atoms with van der Waals surface area (Å²) in [4.78, 5) is 11.8. The van der Waals surface area contributed by atoms with E-state index in [9.17, 15) is 4.79 Å². The summed E-state index contributed by atoms with van der Waals surface area (Å²) in [5.41, 5.74) is 7.77. The molecule has 28 heavy (non-hydrogen) atoms. The summed E-state index contributed by atoms with van der Waals surface area (Å²) >= 11 is 0. The van der Waals surface area contributed by atoms with Gasteiger partial charge in [0.25, 0.3) is 0 Å². The molecule has 2 nitrogen and oxygen atoms in total. The second-order valence-corrected chi connectivity index (χ2v) is 6.89. The second kappa shape index (κ2) is 6.50. The molecule has 4 aromatic carbocycles. The van der Waals surface area contributed by atoms with Gasteiger partial charge in [0.05, 0.1) is 12.7 Å². The predicted octanol–water partition coefficient (Wildman–Crippen LogP) is 5.95. The van der Waals surface area contributed by atoms with Crippen LogP contribution in [0.5, 0.6) is 0 Å². The lowest BCUT2D eigenvalue weighted by Gasteiger charge is -2.11. The topological polar surface area (TPSA) is 26.3 Å². The Hall–Kier alpha value is -3.65. The van der Waals surface area contributed by atoms with Crippen LogP contribution in [-0.2, 0) is 4.74 Å². The molecule has 0 fully saturated rings. The summed E-state index contributed by atoms with van der Waals surface area (Å²) in [5.74, 6) is -0.319. The molecular weight excluding hydrogens is 344 g/mol. The Labute approximate surface area is 163 Å². The first-order chi connectivity index (χ1) is 13.8. The molecule has 0 aromatic heterocycles. The highest BCUT2D eigenvalue weighted by molar-refractivity contribution is 6.20. The molecule has 5 rings (SSSR count). The molecule has 0 spiro atoms. The summed E-state index contributed by atoms with van der Waals surface area (Å²) in [6, 6.07) is 31.1. The maximum atomic E-state index is 11.8. The summed E-state index contributed by atoms with van der Waals surface area (Å²) in [5, 5.41) is 2.53. The second-order valence-electron chi connectivity index (χ2n) is 6.89. The van der Waals surface area contributed by atoms with Crippen molar-refractivity contribution in [2.45, 2.75) is 0 Å². The minimum atomic E-state index is -0.319. The summed E-state index contributed by atoms with van der Waals surface area (Å²) in [7, 11) is 1.40. The van der Waals surface area contributed by atoms with Crippen LogP contribution in [0.2, 0.25) is 0 Å². The highest BCUT2D eigenvalue weighted by Crippen LogP contribution is 2.47. The largest absolute Gasteiger partial charge is 0.465 e. The third-order valence-electron chi connectivity index (χ3n) is 5.35. The van der Waals surface area contributed by atoms with Crippen LogP contribution in [0.3, 0.4) is 0 Å². The number of carbonyl (C=O) groups excluding carboxylic acids is 1. The molecule has 1 aliphatic carbocycles. The van der Waals surface area contributed by atoms with Crippen molar-refractivity contribution in [3.63, 3.8) is 0 Å². The van der Waals surface area contributed by atoms with E-state index in [-0.39, 0.29) is 5.97 Å². The molecular formula is C26H18O2. The number of hydrogen-bond acceptors (Lipinski definition) is 2. The van der Waals surface area contributed by atoms with Crippen LogP contribution >= 0.6 is 0 Å². The van der Waals surface area contributed by atoms with Crippen molar-refractivity contribution in [3.8, 4) is 0 Å². The van der Waals surface area contributed by atoms with E-state index in [4.69, 9.17) is 4.74 Å². The normalized spacial score (nSPS) is 12.5. The quantitative estimate of drug-likeness (QED) is 0.371. The van der Waals surface area contributed by atoms with Crippen molar-refractivity contribution in [3.05, 3.63) is 119 Å². The summed E-state index contributed by atoms with van der Waals surface area (Å²) in [6.07, 6.45) is 0. The Morgan fingerprint density at radius 3 is 1.79 bits per heavy atom. The molecule has 0 amide bonds. The number of carbonyl (C=O) groups is 1. The minimum Gasteiger partial charge on any atom is -0.465 e. The third-order valence-corrected chi connectivity index (χ3v) is 5.35. The van der Waals surface area contributed by atoms with Gasteiger partial charge in [-0.15, -0.1) is 0 Å². The fourth-order valence-electron chi connectivity index (χ4n) is 4.12. The zero-order valence-corrected chi connectivity index (χ0v) is 15.5. The fraction of sp³-hybridized carbons (Fsp3) is 0.0385. The average molecular weight is 362 g/mol. The number of rotatable bonds is 3. The SMILES string of the molecule is COC(=O)c1ccc(C2=C(c3ccccc3)c3cccc4cccc2c34)cc1. The first-order valence-electron chi connectivity index (χ1n) is 9.29. The van der Waals surface area contributed by atoms with Gasteiger partial charge < -0.3 is 4.74 Å². The summed E-state index contributed by atoms with van der Waals surface area (Å²) < 4.78 is 4.84. The Morgan fingerprint density at radius 2 is 1.21 bits per heavy atom. The standard InChI is InChI=1S/C26H18O2/c1-28-26(27)20-15-13-19(14-16-20)25-22-12-6-10-17-9-5-11-21(23(17)22)24(25)18-7-3-2-4-8-18/h2-16H,1H3. The van der Waals surface area contributed by atoms with Gasteiger partial charge in [0.1, 0.15) is 0 Å². The van der Waals surface area contributed by atoms with Gasteiger partial charge in [0, 0.05) is 0 Å². The monoisotopic (exact) mass is 362 g/mol. The first-order valence-corrected chi connectivity index (χ1v) is 9.29. The zero-order valence-electron chi connectivity index (χ0n) is 15.5. The van der Waals surface area contributed by atoms with Crippen LogP contribution in [0.15, 0.2) is 91.0 Å². The van der Waals surface area contributed by atoms with Crippen molar-refractivity contribution in [2.75, 3.05) is 7.11 Å². The van der Waals surface area contributed by atoms with Crippen LogP contribution in [-0.4, -0.2) is 13.1 Å². The van der Waals surface area contributed by atoms with E-state index in [0.717, 1.165) is 5.56 Å². The molecule has 0 radical (unpaired) electrons. The first kappa shape index (κ1) is 16.5. The van der Waals surface area contributed by atoms with E-state index in [1.165, 1.54) is 45.7 Å². The Kier molecular flexibility index (Phi) is 3.84. The van der Waals surface area contributed by atoms with Gasteiger partial charge >= 0.3 is 5.97 Å². The number of esters is 1. The van der Waals surface area contributed by atoms with E-state index in [1.54, 1.807) is 0 Å². The number of methoxy groups -OCH3 is 1. The van der Waals surface area contributed by atoms with Gasteiger partial charge in [0.15, 0.2) is 0 Å². The molecule has 0 saturated carbocycles. The van der Waals surface area contributed by atoms with Crippen LogP contribution in [0.4, 0.5) is 0 Å². The van der Waals surface area contributed by atoms with Crippen molar-refractivity contribution in [2.24, 2.45) is 0 Å². The van der Waals surface area contributed by atoms with Gasteiger partial charge in [-0.1, -0.05) is 78.9 Å². The minimum absolute atomic E-state index is 0.319. The lowest BCUT2D eigenvalue weighted by atomic mass is 9.92. The van der Waals surface area contributed by atoms with Gasteiger partial charge in [-0.25, -0.2) is 4.79 Å². The summed E-state index contributed by atoms with van der Waals surface area (Å²) in [6.45, 7) is 0. The molecule has 1 aliphatic rings. The molecule has 0 bridgehead atoms. The van der Waals surface area contributed by atoms with Crippen molar-refractivity contribution in [1.82, 2.24) is 0 Å². The maximum absolute atomic E-state index is 11.8. The Morgan fingerprint density at radius 1 is 0.643 bits per heavy atom. The number of ether oxygens (including phenoxy) is 1. The lowest BCUT2D eigenvalue weighted by Crippen LogP contribution is -2.01. The van der Waals surface area contributed by atoms with Crippen LogP contribution in [0.25, 0.3) is 21.9 Å². The van der Waals surface area contributed by atoms with Crippen LogP contribution in [0, 0.1) is 0 Å². The molecule has 2 heteroatoms. The van der Waals surface area contributed by atoms with Crippen molar-refractivity contribution < 1.29 is 9.53 Å². The molecule has 0 saturated heterocycles. The molecule has 0 heterocycles. The maximum Gasteiger partial charge on any atom is 0.337 e. The van der Waals surface area contributed by atoms with Gasteiger partial charge in [0.2, 0.25) is 0 Å². The highest BCUT2D eigenvalue weighted by atomic mass is 16.5. The Balaban J connectivity index is 1.80. The average Bonchev–Trinajstić information content (AvgIpc) is 3.10. The molecule has 134 valence electrons. The van der Waals surface area contributed by atoms with E-state index >= 15 is 0 Å². The van der Waals surface area contributed by atoms with Crippen molar-refractivity contribution >= 4 is 27.9 Å².